The molecule has 1 saturated heterocycles. The highest BCUT2D eigenvalue weighted by molar-refractivity contribution is 4.93. The lowest BCUT2D eigenvalue weighted by molar-refractivity contribution is 0.346. The molecule has 0 unspecified atom stereocenters. The van der Waals surface area contributed by atoms with Gasteiger partial charge in [-0.25, -0.2) is 4.98 Å². The molecule has 0 saturated carbocycles. The molecule has 4 heteroatoms. The summed E-state index contributed by atoms with van der Waals surface area (Å²) in [6.07, 6.45) is 5.29. The number of hydrogen-bond donors (Lipinski definition) is 2. The molecule has 1 aliphatic heterocycles. The Balaban J connectivity index is 1.66. The molecule has 2 N–H and O–H groups in total. The first kappa shape index (κ1) is 11.6. The molecule has 1 aliphatic rings. The summed E-state index contributed by atoms with van der Waals surface area (Å²) in [7, 11) is 0. The fraction of sp³-hybridized carbons (Fsp3) is 0.750. The molecule has 2 rings (SSSR count). The minimum absolute atomic E-state index is 0.754. The van der Waals surface area contributed by atoms with Crippen LogP contribution in [0.15, 0.2) is 10.6 Å². The molecule has 0 amide bonds. The summed E-state index contributed by atoms with van der Waals surface area (Å²) in [5.41, 5.74) is 0. The average Bonchev–Trinajstić information content (AvgIpc) is 2.78. The van der Waals surface area contributed by atoms with Crippen LogP contribution in [0.3, 0.4) is 0 Å². The van der Waals surface area contributed by atoms with E-state index in [1.54, 1.807) is 0 Å². The number of rotatable bonds is 5. The van der Waals surface area contributed by atoms with Crippen LogP contribution >= 0.6 is 0 Å². The number of aryl methyl sites for hydroxylation is 1. The van der Waals surface area contributed by atoms with Gasteiger partial charge in [-0.3, -0.25) is 0 Å². The van der Waals surface area contributed by atoms with Gasteiger partial charge in [-0.05, 0) is 38.4 Å². The van der Waals surface area contributed by atoms with Crippen molar-refractivity contribution in [2.75, 3.05) is 19.6 Å². The van der Waals surface area contributed by atoms with Gasteiger partial charge in [0.2, 0.25) is 5.89 Å². The molecule has 4 nitrogen and oxygen atoms in total. The maximum atomic E-state index is 5.54. The number of hydrogen-bond acceptors (Lipinski definition) is 4. The predicted molar refractivity (Wildman–Crippen MR) is 63.2 cm³/mol. The predicted octanol–water partition coefficient (Wildman–Crippen LogP) is 1.33. The summed E-state index contributed by atoms with van der Waals surface area (Å²) in [6, 6.07) is 0. The van der Waals surface area contributed by atoms with Crippen LogP contribution in [0.2, 0.25) is 0 Å². The standard InChI is InChI=1S/C12H21N3O/c1-2-11-8-15-12(16-11)9-14-7-10-3-5-13-6-4-10/h8,10,13-14H,2-7,9H2,1H3. The van der Waals surface area contributed by atoms with Crippen molar-refractivity contribution in [3.05, 3.63) is 17.8 Å². The van der Waals surface area contributed by atoms with Crippen molar-refractivity contribution >= 4 is 0 Å². The largest absolute Gasteiger partial charge is 0.444 e. The second kappa shape index (κ2) is 6.01. The normalized spacial score (nSPS) is 17.8. The molecular formula is C12H21N3O. The highest BCUT2D eigenvalue weighted by Gasteiger charge is 2.12. The highest BCUT2D eigenvalue weighted by Crippen LogP contribution is 2.10. The van der Waals surface area contributed by atoms with Gasteiger partial charge in [-0.1, -0.05) is 6.92 Å². The van der Waals surface area contributed by atoms with E-state index in [2.05, 4.69) is 22.5 Å². The van der Waals surface area contributed by atoms with Crippen LogP contribution in [0.5, 0.6) is 0 Å². The van der Waals surface area contributed by atoms with Gasteiger partial charge in [-0.15, -0.1) is 0 Å². The molecule has 16 heavy (non-hydrogen) atoms. The van der Waals surface area contributed by atoms with Crippen LogP contribution in [0.25, 0.3) is 0 Å². The average molecular weight is 223 g/mol. The van der Waals surface area contributed by atoms with E-state index >= 15 is 0 Å². The second-order valence-electron chi connectivity index (χ2n) is 4.40. The zero-order valence-electron chi connectivity index (χ0n) is 9.96. The zero-order valence-corrected chi connectivity index (χ0v) is 9.96. The van der Waals surface area contributed by atoms with Gasteiger partial charge < -0.3 is 15.1 Å². The smallest absolute Gasteiger partial charge is 0.208 e. The van der Waals surface area contributed by atoms with Crippen molar-refractivity contribution in [2.45, 2.75) is 32.7 Å². The van der Waals surface area contributed by atoms with E-state index in [1.807, 2.05) is 6.20 Å². The van der Waals surface area contributed by atoms with Crippen LogP contribution in [0.1, 0.15) is 31.4 Å². The van der Waals surface area contributed by atoms with Gasteiger partial charge in [0.1, 0.15) is 5.76 Å². The highest BCUT2D eigenvalue weighted by atomic mass is 16.4. The number of oxazole rings is 1. The van der Waals surface area contributed by atoms with E-state index in [9.17, 15) is 0 Å². The van der Waals surface area contributed by atoms with Gasteiger partial charge in [0.05, 0.1) is 12.7 Å². The first-order valence-electron chi connectivity index (χ1n) is 6.23. The van der Waals surface area contributed by atoms with Crippen LogP contribution in [-0.4, -0.2) is 24.6 Å². The van der Waals surface area contributed by atoms with Crippen molar-refractivity contribution < 1.29 is 4.42 Å². The molecular weight excluding hydrogens is 202 g/mol. The third-order valence-electron chi connectivity index (χ3n) is 3.12. The molecule has 90 valence electrons. The van der Waals surface area contributed by atoms with Crippen molar-refractivity contribution in [1.29, 1.82) is 0 Å². The summed E-state index contributed by atoms with van der Waals surface area (Å²) in [6.45, 7) is 6.22. The quantitative estimate of drug-likeness (QED) is 0.790. The van der Waals surface area contributed by atoms with Crippen molar-refractivity contribution in [1.82, 2.24) is 15.6 Å². The van der Waals surface area contributed by atoms with Crippen LogP contribution < -0.4 is 10.6 Å². The summed E-state index contributed by atoms with van der Waals surface area (Å²) < 4.78 is 5.54. The Morgan fingerprint density at radius 3 is 3.00 bits per heavy atom. The van der Waals surface area contributed by atoms with E-state index in [4.69, 9.17) is 4.42 Å². The molecule has 1 aromatic heterocycles. The lowest BCUT2D eigenvalue weighted by atomic mass is 9.98. The molecule has 0 aliphatic carbocycles. The van der Waals surface area contributed by atoms with Gasteiger partial charge >= 0.3 is 0 Å². The molecule has 0 spiro atoms. The number of nitrogens with one attached hydrogen (secondary N) is 2. The Hall–Kier alpha value is -0.870. The maximum Gasteiger partial charge on any atom is 0.208 e. The van der Waals surface area contributed by atoms with Crippen molar-refractivity contribution in [3.63, 3.8) is 0 Å². The first-order chi connectivity index (χ1) is 7.88. The summed E-state index contributed by atoms with van der Waals surface area (Å²) in [4.78, 5) is 4.23. The lowest BCUT2D eigenvalue weighted by Crippen LogP contribution is -2.33. The lowest BCUT2D eigenvalue weighted by Gasteiger charge is -2.22. The third-order valence-corrected chi connectivity index (χ3v) is 3.12. The SMILES string of the molecule is CCc1cnc(CNCC2CCNCC2)o1. The second-order valence-corrected chi connectivity index (χ2v) is 4.40. The minimum Gasteiger partial charge on any atom is -0.444 e. The fourth-order valence-electron chi connectivity index (χ4n) is 2.06. The fourth-order valence-corrected chi connectivity index (χ4v) is 2.06. The van der Waals surface area contributed by atoms with Gasteiger partial charge in [0, 0.05) is 6.42 Å². The van der Waals surface area contributed by atoms with Gasteiger partial charge in [0.15, 0.2) is 0 Å². The number of piperidine rings is 1. The molecule has 0 aromatic carbocycles. The molecule has 0 radical (unpaired) electrons. The van der Waals surface area contributed by atoms with Crippen molar-refractivity contribution in [2.24, 2.45) is 5.92 Å². The first-order valence-corrected chi connectivity index (χ1v) is 6.23. The minimum atomic E-state index is 0.754. The Morgan fingerprint density at radius 2 is 2.31 bits per heavy atom. The van der Waals surface area contributed by atoms with E-state index < -0.39 is 0 Å². The Morgan fingerprint density at radius 1 is 1.50 bits per heavy atom. The molecule has 1 fully saturated rings. The van der Waals surface area contributed by atoms with E-state index in [0.717, 1.165) is 50.2 Å². The van der Waals surface area contributed by atoms with Crippen LogP contribution in [-0.2, 0) is 13.0 Å². The summed E-state index contributed by atoms with van der Waals surface area (Å²) in [5.74, 6) is 2.59. The Bertz CT molecular complexity index is 305. The molecule has 1 aromatic rings. The summed E-state index contributed by atoms with van der Waals surface area (Å²) >= 11 is 0. The number of nitrogens with zero attached hydrogens (tertiary/aromatic N) is 1. The third kappa shape index (κ3) is 3.32. The van der Waals surface area contributed by atoms with E-state index in [1.165, 1.54) is 12.8 Å². The van der Waals surface area contributed by atoms with Gasteiger partial charge in [0.25, 0.3) is 0 Å². The number of aromatic nitrogens is 1. The molecule has 0 atom stereocenters. The van der Waals surface area contributed by atoms with Crippen LogP contribution in [0, 0.1) is 5.92 Å². The monoisotopic (exact) mass is 223 g/mol. The van der Waals surface area contributed by atoms with Crippen molar-refractivity contribution in [3.8, 4) is 0 Å². The molecule has 2 heterocycles. The van der Waals surface area contributed by atoms with E-state index in [0.29, 0.717) is 0 Å². The zero-order chi connectivity index (χ0) is 11.2. The summed E-state index contributed by atoms with van der Waals surface area (Å²) in [5, 5.41) is 6.80. The maximum absolute atomic E-state index is 5.54. The Kier molecular flexibility index (Phi) is 4.36. The topological polar surface area (TPSA) is 50.1 Å². The van der Waals surface area contributed by atoms with Gasteiger partial charge in [-0.2, -0.15) is 0 Å². The molecule has 0 bridgehead atoms. The Labute approximate surface area is 96.8 Å². The van der Waals surface area contributed by atoms with Crippen LogP contribution in [0.4, 0.5) is 0 Å². The van der Waals surface area contributed by atoms with E-state index in [-0.39, 0.29) is 0 Å².